The summed E-state index contributed by atoms with van der Waals surface area (Å²) in [6.45, 7) is 3.60. The number of halogens is 1. The molecule has 1 aliphatic rings. The largest absolute Gasteiger partial charge is 0.493 e. The molecule has 6 nitrogen and oxygen atoms in total. The number of hydrogen-bond donors (Lipinski definition) is 0. The van der Waals surface area contributed by atoms with Crippen LogP contribution in [-0.4, -0.2) is 36.5 Å². The van der Waals surface area contributed by atoms with Crippen LogP contribution in [0.1, 0.15) is 18.1 Å². The molecule has 3 rings (SSSR count). The van der Waals surface area contributed by atoms with Gasteiger partial charge in [-0.15, -0.1) is 0 Å². The van der Waals surface area contributed by atoms with E-state index in [9.17, 15) is 9.59 Å². The molecule has 2 aromatic carbocycles. The van der Waals surface area contributed by atoms with Crippen LogP contribution in [0.2, 0.25) is 5.02 Å². The lowest BCUT2D eigenvalue weighted by Crippen LogP contribution is -2.28. The van der Waals surface area contributed by atoms with Crippen LogP contribution in [0.15, 0.2) is 41.3 Å². The normalized spacial score (nSPS) is 14.8. The molecule has 162 valence electrons. The number of methoxy groups -OCH3 is 1. The number of carbonyl (C=O) groups excluding carboxylic acids is 2. The number of nitrogens with zero attached hydrogens (tertiary/aromatic N) is 1. The molecule has 0 radical (unpaired) electrons. The van der Waals surface area contributed by atoms with E-state index in [0.717, 1.165) is 11.3 Å². The summed E-state index contributed by atoms with van der Waals surface area (Å²) in [5.41, 5.74) is 2.34. The first-order valence-corrected chi connectivity index (χ1v) is 11.0. The highest BCUT2D eigenvalue weighted by Crippen LogP contribution is 2.40. The summed E-state index contributed by atoms with van der Waals surface area (Å²) in [6, 6.07) is 10.9. The van der Waals surface area contributed by atoms with Crippen molar-refractivity contribution in [3.8, 4) is 11.5 Å². The van der Waals surface area contributed by atoms with Gasteiger partial charge < -0.3 is 14.2 Å². The van der Waals surface area contributed by atoms with E-state index in [0.29, 0.717) is 20.5 Å². The lowest BCUT2D eigenvalue weighted by atomic mass is 10.1. The SMILES string of the molecule is CCOC(=O)COc1c(Cl)cc(/C=C2\SC(=S)N(c3ccccc3C)C2=O)cc1OC. The molecule has 0 saturated carbocycles. The molecule has 0 aromatic heterocycles. The van der Waals surface area contributed by atoms with E-state index < -0.39 is 5.97 Å². The Labute approximate surface area is 195 Å². The number of para-hydroxylation sites is 1. The fraction of sp³-hybridized carbons (Fsp3) is 0.227. The van der Waals surface area contributed by atoms with Gasteiger partial charge in [0.15, 0.2) is 22.4 Å². The third-order valence-corrected chi connectivity index (χ3v) is 5.92. The van der Waals surface area contributed by atoms with Crippen LogP contribution in [0.4, 0.5) is 5.69 Å². The van der Waals surface area contributed by atoms with E-state index in [1.54, 1.807) is 25.1 Å². The van der Waals surface area contributed by atoms with E-state index in [-0.39, 0.29) is 29.9 Å². The van der Waals surface area contributed by atoms with Crippen molar-refractivity contribution in [3.05, 3.63) is 57.5 Å². The summed E-state index contributed by atoms with van der Waals surface area (Å²) in [7, 11) is 1.46. The minimum absolute atomic E-state index is 0.206. The van der Waals surface area contributed by atoms with Crippen LogP contribution in [0.25, 0.3) is 6.08 Å². The van der Waals surface area contributed by atoms with Crippen molar-refractivity contribution < 1.29 is 23.8 Å². The Morgan fingerprint density at radius 1 is 1.29 bits per heavy atom. The molecule has 0 atom stereocenters. The summed E-state index contributed by atoms with van der Waals surface area (Å²) >= 11 is 13.0. The Morgan fingerprint density at radius 2 is 2.03 bits per heavy atom. The molecule has 1 amide bonds. The van der Waals surface area contributed by atoms with E-state index in [4.69, 9.17) is 38.0 Å². The molecule has 0 spiro atoms. The number of anilines is 1. The highest BCUT2D eigenvalue weighted by atomic mass is 35.5. The number of esters is 1. The lowest BCUT2D eigenvalue weighted by molar-refractivity contribution is -0.145. The highest BCUT2D eigenvalue weighted by molar-refractivity contribution is 8.27. The number of ether oxygens (including phenoxy) is 3. The van der Waals surface area contributed by atoms with Gasteiger partial charge in [-0.25, -0.2) is 4.79 Å². The van der Waals surface area contributed by atoms with Crippen molar-refractivity contribution in [1.82, 2.24) is 0 Å². The van der Waals surface area contributed by atoms with Crippen molar-refractivity contribution in [2.75, 3.05) is 25.2 Å². The predicted octanol–water partition coefficient (Wildman–Crippen LogP) is 5.00. The summed E-state index contributed by atoms with van der Waals surface area (Å²) in [5.74, 6) is -0.161. The number of aryl methyl sites for hydroxylation is 1. The maximum atomic E-state index is 13.0. The van der Waals surface area contributed by atoms with Crippen molar-refractivity contribution in [3.63, 3.8) is 0 Å². The van der Waals surface area contributed by atoms with E-state index in [1.165, 1.54) is 23.8 Å². The van der Waals surface area contributed by atoms with Crippen LogP contribution in [0.3, 0.4) is 0 Å². The van der Waals surface area contributed by atoms with Gasteiger partial charge in [0.05, 0.1) is 29.3 Å². The molecule has 0 unspecified atom stereocenters. The molecule has 9 heteroatoms. The quantitative estimate of drug-likeness (QED) is 0.315. The highest BCUT2D eigenvalue weighted by Gasteiger charge is 2.34. The number of rotatable bonds is 7. The Hall–Kier alpha value is -2.55. The van der Waals surface area contributed by atoms with Gasteiger partial charge in [-0.1, -0.05) is 53.8 Å². The van der Waals surface area contributed by atoms with Gasteiger partial charge in [0.1, 0.15) is 0 Å². The standard InChI is InChI=1S/C22H20ClNO5S2/c1-4-28-19(25)12-29-20-15(23)9-14(10-17(20)27-3)11-18-21(26)24(22(30)31-18)16-8-6-5-7-13(16)2/h5-11H,4,12H2,1-3H3/b18-11-. The van der Waals surface area contributed by atoms with Crippen LogP contribution in [-0.2, 0) is 14.3 Å². The number of thioether (sulfide) groups is 1. The molecule has 31 heavy (non-hydrogen) atoms. The van der Waals surface area contributed by atoms with Crippen LogP contribution < -0.4 is 14.4 Å². The molecule has 0 bridgehead atoms. The molecule has 1 heterocycles. The first-order valence-electron chi connectivity index (χ1n) is 9.35. The van der Waals surface area contributed by atoms with Crippen molar-refractivity contribution in [2.45, 2.75) is 13.8 Å². The molecule has 1 fully saturated rings. The summed E-state index contributed by atoms with van der Waals surface area (Å²) < 4.78 is 16.1. The maximum absolute atomic E-state index is 13.0. The third kappa shape index (κ3) is 5.20. The van der Waals surface area contributed by atoms with E-state index in [1.807, 2.05) is 31.2 Å². The van der Waals surface area contributed by atoms with Gasteiger partial charge >= 0.3 is 5.97 Å². The molecule has 1 saturated heterocycles. The van der Waals surface area contributed by atoms with Crippen LogP contribution >= 0.6 is 35.6 Å². The maximum Gasteiger partial charge on any atom is 0.344 e. The van der Waals surface area contributed by atoms with Gasteiger partial charge in [0.2, 0.25) is 0 Å². The second-order valence-electron chi connectivity index (χ2n) is 6.43. The number of amides is 1. The summed E-state index contributed by atoms with van der Waals surface area (Å²) in [6.07, 6.45) is 1.70. The number of hydrogen-bond acceptors (Lipinski definition) is 7. The Kier molecular flexibility index (Phi) is 7.59. The zero-order valence-corrected chi connectivity index (χ0v) is 19.5. The minimum atomic E-state index is -0.510. The summed E-state index contributed by atoms with van der Waals surface area (Å²) in [4.78, 5) is 26.6. The smallest absolute Gasteiger partial charge is 0.344 e. The van der Waals surface area contributed by atoms with E-state index in [2.05, 4.69) is 0 Å². The topological polar surface area (TPSA) is 65.1 Å². The molecule has 0 aliphatic carbocycles. The average molecular weight is 478 g/mol. The molecule has 0 N–H and O–H groups in total. The predicted molar refractivity (Wildman–Crippen MR) is 127 cm³/mol. The molecule has 1 aliphatic heterocycles. The van der Waals surface area contributed by atoms with E-state index >= 15 is 0 Å². The second-order valence-corrected chi connectivity index (χ2v) is 8.51. The van der Waals surface area contributed by atoms with Gasteiger partial charge in [-0.3, -0.25) is 9.69 Å². The fourth-order valence-electron chi connectivity index (χ4n) is 2.94. The lowest BCUT2D eigenvalue weighted by Gasteiger charge is -2.16. The minimum Gasteiger partial charge on any atom is -0.493 e. The monoisotopic (exact) mass is 477 g/mol. The zero-order chi connectivity index (χ0) is 22.5. The summed E-state index contributed by atoms with van der Waals surface area (Å²) in [5, 5.41) is 0.240. The van der Waals surface area contributed by atoms with Crippen molar-refractivity contribution in [1.29, 1.82) is 0 Å². The number of benzene rings is 2. The third-order valence-electron chi connectivity index (χ3n) is 4.34. The molecule has 2 aromatic rings. The zero-order valence-electron chi connectivity index (χ0n) is 17.1. The second kappa shape index (κ2) is 10.2. The first kappa shape index (κ1) is 23.1. The van der Waals surface area contributed by atoms with Gasteiger partial charge in [0, 0.05) is 0 Å². The first-order chi connectivity index (χ1) is 14.8. The number of thiocarbonyl (C=S) groups is 1. The Balaban J connectivity index is 1.87. The van der Waals surface area contributed by atoms with Gasteiger partial charge in [-0.2, -0.15) is 0 Å². The van der Waals surface area contributed by atoms with Gasteiger partial charge in [-0.05, 0) is 49.2 Å². The van der Waals surface area contributed by atoms with Gasteiger partial charge in [0.25, 0.3) is 5.91 Å². The molecular weight excluding hydrogens is 458 g/mol. The molecular formula is C22H20ClNO5S2. The number of carbonyl (C=O) groups is 2. The van der Waals surface area contributed by atoms with Crippen LogP contribution in [0.5, 0.6) is 11.5 Å². The Morgan fingerprint density at radius 3 is 2.71 bits per heavy atom. The Bertz CT molecular complexity index is 1070. The fourth-order valence-corrected chi connectivity index (χ4v) is 4.50. The van der Waals surface area contributed by atoms with Crippen molar-refractivity contribution >= 4 is 63.5 Å². The van der Waals surface area contributed by atoms with Crippen LogP contribution in [0, 0.1) is 6.92 Å². The van der Waals surface area contributed by atoms with Crippen molar-refractivity contribution in [2.24, 2.45) is 0 Å². The average Bonchev–Trinajstić information content (AvgIpc) is 3.00.